The van der Waals surface area contributed by atoms with Gasteiger partial charge in [0.05, 0.1) is 16.5 Å². The first kappa shape index (κ1) is 16.6. The summed E-state index contributed by atoms with van der Waals surface area (Å²) in [6, 6.07) is 8.11. The molecular weight excluding hydrogens is 274 g/mol. The minimum Gasteiger partial charge on any atom is -0.309 e. The van der Waals surface area contributed by atoms with Crippen LogP contribution < -0.4 is 0 Å². The van der Waals surface area contributed by atoms with Crippen LogP contribution in [0.25, 0.3) is 0 Å². The van der Waals surface area contributed by atoms with Crippen molar-refractivity contribution in [2.45, 2.75) is 18.2 Å². The van der Waals surface area contributed by atoms with Crippen LogP contribution >= 0.6 is 0 Å². The first-order valence-electron chi connectivity index (χ1n) is 6.57. The van der Waals surface area contributed by atoms with E-state index in [0.717, 1.165) is 13.0 Å². The van der Waals surface area contributed by atoms with Crippen LogP contribution in [0.5, 0.6) is 0 Å². The molecule has 0 N–H and O–H groups in total. The molecule has 0 spiro atoms. The molecule has 0 fully saturated rings. The summed E-state index contributed by atoms with van der Waals surface area (Å²) in [5.74, 6) is 0. The van der Waals surface area contributed by atoms with Crippen molar-refractivity contribution in [1.82, 2.24) is 9.21 Å². The third-order valence-electron chi connectivity index (χ3n) is 2.97. The summed E-state index contributed by atoms with van der Waals surface area (Å²) in [6.45, 7) is 3.56. The van der Waals surface area contributed by atoms with Gasteiger partial charge in [-0.1, -0.05) is 13.0 Å². The Labute approximate surface area is 121 Å². The van der Waals surface area contributed by atoms with Gasteiger partial charge in [0.1, 0.15) is 0 Å². The van der Waals surface area contributed by atoms with Gasteiger partial charge in [0.25, 0.3) is 0 Å². The van der Waals surface area contributed by atoms with Crippen LogP contribution in [0.3, 0.4) is 0 Å². The lowest BCUT2D eigenvalue weighted by Crippen LogP contribution is -2.33. The highest BCUT2D eigenvalue weighted by atomic mass is 32.2. The molecular formula is C14H21N3O2S. The number of nitrogens with zero attached hydrogens (tertiary/aromatic N) is 3. The molecule has 0 aliphatic rings. The smallest absolute Gasteiger partial charge is 0.243 e. The molecule has 110 valence electrons. The lowest BCUT2D eigenvalue weighted by molar-refractivity contribution is 0.356. The fraction of sp³-hybridized carbons (Fsp3) is 0.500. The molecule has 6 heteroatoms. The van der Waals surface area contributed by atoms with E-state index in [0.29, 0.717) is 18.7 Å². The van der Waals surface area contributed by atoms with Gasteiger partial charge in [-0.2, -0.15) is 9.57 Å². The topological polar surface area (TPSA) is 64.4 Å². The Hall–Kier alpha value is -1.42. The van der Waals surface area contributed by atoms with E-state index in [1.807, 2.05) is 32.0 Å². The van der Waals surface area contributed by atoms with Crippen LogP contribution in [0.15, 0.2) is 29.2 Å². The van der Waals surface area contributed by atoms with Crippen LogP contribution in [0.1, 0.15) is 18.9 Å². The van der Waals surface area contributed by atoms with Crippen molar-refractivity contribution in [2.24, 2.45) is 0 Å². The molecule has 0 saturated heterocycles. The van der Waals surface area contributed by atoms with Gasteiger partial charge < -0.3 is 4.90 Å². The second kappa shape index (κ2) is 7.39. The van der Waals surface area contributed by atoms with Crippen molar-refractivity contribution < 1.29 is 8.42 Å². The summed E-state index contributed by atoms with van der Waals surface area (Å²) in [6.07, 6.45) is 0.776. The van der Waals surface area contributed by atoms with E-state index in [2.05, 4.69) is 0 Å². The second-order valence-electron chi connectivity index (χ2n) is 4.79. The molecule has 0 heterocycles. The molecule has 1 aromatic rings. The van der Waals surface area contributed by atoms with Crippen LogP contribution in [0.4, 0.5) is 0 Å². The van der Waals surface area contributed by atoms with E-state index in [9.17, 15) is 8.42 Å². The van der Waals surface area contributed by atoms with Crippen LogP contribution in [0, 0.1) is 11.3 Å². The Kier molecular flexibility index (Phi) is 6.14. The molecule has 1 aromatic carbocycles. The largest absolute Gasteiger partial charge is 0.309 e. The van der Waals surface area contributed by atoms with Gasteiger partial charge in [0.15, 0.2) is 0 Å². The molecule has 5 nitrogen and oxygen atoms in total. The zero-order valence-corrected chi connectivity index (χ0v) is 13.0. The Balaban J connectivity index is 2.91. The number of nitriles is 1. The Morgan fingerprint density at radius 2 is 1.95 bits per heavy atom. The van der Waals surface area contributed by atoms with E-state index in [1.165, 1.54) is 16.4 Å². The number of rotatable bonds is 7. The van der Waals surface area contributed by atoms with Gasteiger partial charge in [-0.05, 0) is 45.3 Å². The molecule has 0 bridgehead atoms. The molecule has 0 aliphatic heterocycles. The average Bonchev–Trinajstić information content (AvgIpc) is 2.43. The van der Waals surface area contributed by atoms with Crippen molar-refractivity contribution in [1.29, 1.82) is 5.26 Å². The van der Waals surface area contributed by atoms with Crippen LogP contribution in [0.2, 0.25) is 0 Å². The first-order valence-corrected chi connectivity index (χ1v) is 8.01. The van der Waals surface area contributed by atoms with Gasteiger partial charge in [-0.15, -0.1) is 0 Å². The van der Waals surface area contributed by atoms with Gasteiger partial charge in [-0.25, -0.2) is 8.42 Å². The molecule has 1 rings (SSSR count). The third kappa shape index (κ3) is 4.30. The Morgan fingerprint density at radius 1 is 1.25 bits per heavy atom. The summed E-state index contributed by atoms with van der Waals surface area (Å²) in [4.78, 5) is 2.21. The number of hydrogen-bond acceptors (Lipinski definition) is 4. The average molecular weight is 295 g/mol. The number of benzene rings is 1. The maximum Gasteiger partial charge on any atom is 0.243 e. The maximum absolute atomic E-state index is 12.5. The zero-order chi connectivity index (χ0) is 15.2. The molecule has 20 heavy (non-hydrogen) atoms. The van der Waals surface area contributed by atoms with Gasteiger partial charge in [0, 0.05) is 13.1 Å². The monoisotopic (exact) mass is 295 g/mol. The van der Waals surface area contributed by atoms with Crippen molar-refractivity contribution in [2.75, 3.05) is 33.7 Å². The quantitative estimate of drug-likeness (QED) is 0.765. The van der Waals surface area contributed by atoms with Crippen molar-refractivity contribution in [3.8, 4) is 6.07 Å². The second-order valence-corrected chi connectivity index (χ2v) is 6.73. The van der Waals surface area contributed by atoms with Gasteiger partial charge in [-0.3, -0.25) is 0 Å². The summed E-state index contributed by atoms with van der Waals surface area (Å²) in [7, 11) is 0.401. The molecule has 0 atom stereocenters. The molecule has 0 amide bonds. The maximum atomic E-state index is 12.5. The zero-order valence-electron chi connectivity index (χ0n) is 12.2. The molecule has 0 saturated carbocycles. The normalized spacial score (nSPS) is 11.8. The standard InChI is InChI=1S/C14H21N3O2S/c1-4-17(10-6-9-16(2)3)20(18,19)14-8-5-7-13(11-14)12-15/h5,7-8,11H,4,6,9-10H2,1-3H3. The third-order valence-corrected chi connectivity index (χ3v) is 4.94. The van der Waals surface area contributed by atoms with Crippen LogP contribution in [-0.4, -0.2) is 51.4 Å². The summed E-state index contributed by atoms with van der Waals surface area (Å²) < 4.78 is 26.5. The van der Waals surface area contributed by atoms with E-state index in [4.69, 9.17) is 5.26 Å². The summed E-state index contributed by atoms with van der Waals surface area (Å²) in [5.41, 5.74) is 0.357. The summed E-state index contributed by atoms with van der Waals surface area (Å²) >= 11 is 0. The first-order chi connectivity index (χ1) is 9.41. The highest BCUT2D eigenvalue weighted by Crippen LogP contribution is 2.17. The lowest BCUT2D eigenvalue weighted by Gasteiger charge is -2.21. The predicted molar refractivity (Wildman–Crippen MR) is 78.8 cm³/mol. The van der Waals surface area contributed by atoms with E-state index < -0.39 is 10.0 Å². The highest BCUT2D eigenvalue weighted by molar-refractivity contribution is 7.89. The fourth-order valence-electron chi connectivity index (χ4n) is 1.89. The van der Waals surface area contributed by atoms with E-state index in [1.54, 1.807) is 12.1 Å². The van der Waals surface area contributed by atoms with Gasteiger partial charge in [0.2, 0.25) is 10.0 Å². The Morgan fingerprint density at radius 3 is 2.50 bits per heavy atom. The molecule has 0 unspecified atom stereocenters. The lowest BCUT2D eigenvalue weighted by atomic mass is 10.2. The van der Waals surface area contributed by atoms with Crippen molar-refractivity contribution in [3.63, 3.8) is 0 Å². The van der Waals surface area contributed by atoms with Gasteiger partial charge >= 0.3 is 0 Å². The predicted octanol–water partition coefficient (Wildman–Crippen LogP) is 1.52. The van der Waals surface area contributed by atoms with Crippen molar-refractivity contribution >= 4 is 10.0 Å². The minimum atomic E-state index is -3.52. The van der Waals surface area contributed by atoms with E-state index >= 15 is 0 Å². The minimum absolute atomic E-state index is 0.184. The Bertz CT molecular complexity index is 576. The molecule has 0 radical (unpaired) electrons. The summed E-state index contributed by atoms with van der Waals surface area (Å²) in [5, 5.41) is 8.86. The molecule has 0 aromatic heterocycles. The fourth-order valence-corrected chi connectivity index (χ4v) is 3.42. The number of sulfonamides is 1. The van der Waals surface area contributed by atoms with Crippen molar-refractivity contribution in [3.05, 3.63) is 29.8 Å². The van der Waals surface area contributed by atoms with E-state index in [-0.39, 0.29) is 4.90 Å². The molecule has 0 aliphatic carbocycles. The highest BCUT2D eigenvalue weighted by Gasteiger charge is 2.22. The number of hydrogen-bond donors (Lipinski definition) is 0. The SMILES string of the molecule is CCN(CCCN(C)C)S(=O)(=O)c1cccc(C#N)c1. The van der Waals surface area contributed by atoms with Crippen LogP contribution in [-0.2, 0) is 10.0 Å².